The van der Waals surface area contributed by atoms with Crippen LogP contribution in [0.5, 0.6) is 0 Å². The minimum absolute atomic E-state index is 0.102. The van der Waals surface area contributed by atoms with E-state index in [1.54, 1.807) is 5.38 Å². The number of thiazole rings is 1. The average molecular weight is 248 g/mol. The molecule has 0 amide bonds. The quantitative estimate of drug-likeness (QED) is 0.903. The molecule has 0 saturated carbocycles. The Morgan fingerprint density at radius 1 is 1.41 bits per heavy atom. The van der Waals surface area contributed by atoms with E-state index >= 15 is 0 Å². The Morgan fingerprint density at radius 3 is 2.71 bits per heavy atom. The lowest BCUT2D eigenvalue weighted by atomic mass is 10.2. The van der Waals surface area contributed by atoms with Crippen LogP contribution in [-0.2, 0) is 6.54 Å². The number of carbonyl (C=O) groups is 1. The molecule has 1 heterocycles. The summed E-state index contributed by atoms with van der Waals surface area (Å²) in [6.07, 6.45) is 0. The third-order valence-corrected chi connectivity index (χ3v) is 3.26. The second kappa shape index (κ2) is 4.97. The summed E-state index contributed by atoms with van der Waals surface area (Å²) in [6.45, 7) is 0.716. The lowest BCUT2D eigenvalue weighted by Gasteiger charge is -2.15. The van der Waals surface area contributed by atoms with Crippen molar-refractivity contribution >= 4 is 22.4 Å². The smallest absolute Gasteiger partial charge is 0.355 e. The van der Waals surface area contributed by atoms with Gasteiger partial charge in [0.1, 0.15) is 0 Å². The Bertz CT molecular complexity index is 510. The van der Waals surface area contributed by atoms with Gasteiger partial charge in [0.15, 0.2) is 10.8 Å². The molecule has 1 aromatic carbocycles. The van der Waals surface area contributed by atoms with Crippen LogP contribution in [0, 0.1) is 0 Å². The summed E-state index contributed by atoms with van der Waals surface area (Å²) < 4.78 is 0. The highest BCUT2D eigenvalue weighted by Crippen LogP contribution is 2.20. The molecular formula is C12H12N2O2S. The van der Waals surface area contributed by atoms with Gasteiger partial charge in [0.2, 0.25) is 0 Å². The molecule has 0 atom stereocenters. The van der Waals surface area contributed by atoms with Gasteiger partial charge in [-0.05, 0) is 5.56 Å². The average Bonchev–Trinajstić information content (AvgIpc) is 2.79. The molecular weight excluding hydrogens is 236 g/mol. The van der Waals surface area contributed by atoms with Crippen molar-refractivity contribution in [1.29, 1.82) is 0 Å². The number of benzene rings is 1. The van der Waals surface area contributed by atoms with Gasteiger partial charge in [-0.15, -0.1) is 11.3 Å². The molecule has 0 unspecified atom stereocenters. The number of anilines is 1. The first kappa shape index (κ1) is 11.6. The molecule has 0 bridgehead atoms. The topological polar surface area (TPSA) is 53.4 Å². The highest BCUT2D eigenvalue weighted by Gasteiger charge is 2.11. The Hall–Kier alpha value is -1.88. The maximum absolute atomic E-state index is 10.7. The highest BCUT2D eigenvalue weighted by atomic mass is 32.1. The van der Waals surface area contributed by atoms with E-state index in [4.69, 9.17) is 5.11 Å². The van der Waals surface area contributed by atoms with Crippen molar-refractivity contribution in [3.63, 3.8) is 0 Å². The van der Waals surface area contributed by atoms with Crippen LogP contribution in [0.25, 0.3) is 0 Å². The van der Waals surface area contributed by atoms with Crippen LogP contribution < -0.4 is 4.90 Å². The first-order chi connectivity index (χ1) is 8.16. The number of carboxylic acids is 1. The maximum atomic E-state index is 10.7. The molecule has 0 fully saturated rings. The van der Waals surface area contributed by atoms with Gasteiger partial charge < -0.3 is 10.0 Å². The number of hydrogen-bond acceptors (Lipinski definition) is 4. The van der Waals surface area contributed by atoms with E-state index in [2.05, 4.69) is 4.98 Å². The van der Waals surface area contributed by atoms with E-state index in [-0.39, 0.29) is 5.69 Å². The number of aromatic carboxylic acids is 1. The largest absolute Gasteiger partial charge is 0.476 e. The molecule has 0 aliphatic heterocycles. The Labute approximate surface area is 103 Å². The standard InChI is InChI=1S/C12H12N2O2S/c1-14(7-9-5-3-2-4-6-9)12-13-10(8-17-12)11(15)16/h2-6,8H,7H2,1H3,(H,15,16). The molecule has 88 valence electrons. The Morgan fingerprint density at radius 2 is 2.12 bits per heavy atom. The van der Waals surface area contributed by atoms with Gasteiger partial charge in [-0.3, -0.25) is 0 Å². The summed E-state index contributed by atoms with van der Waals surface area (Å²) >= 11 is 1.34. The summed E-state index contributed by atoms with van der Waals surface area (Å²) in [5.74, 6) is -0.986. The minimum Gasteiger partial charge on any atom is -0.476 e. The molecule has 0 saturated heterocycles. The van der Waals surface area contributed by atoms with Crippen molar-refractivity contribution < 1.29 is 9.90 Å². The van der Waals surface area contributed by atoms with Crippen molar-refractivity contribution in [1.82, 2.24) is 4.98 Å². The van der Waals surface area contributed by atoms with Crippen molar-refractivity contribution in [3.8, 4) is 0 Å². The lowest BCUT2D eigenvalue weighted by molar-refractivity contribution is 0.0691. The van der Waals surface area contributed by atoms with Crippen LogP contribution >= 0.6 is 11.3 Å². The zero-order chi connectivity index (χ0) is 12.3. The zero-order valence-corrected chi connectivity index (χ0v) is 10.1. The molecule has 0 aliphatic carbocycles. The van der Waals surface area contributed by atoms with Gasteiger partial charge in [0.05, 0.1) is 0 Å². The molecule has 1 N–H and O–H groups in total. The van der Waals surface area contributed by atoms with E-state index in [9.17, 15) is 4.79 Å². The fourth-order valence-corrected chi connectivity index (χ4v) is 2.23. The van der Waals surface area contributed by atoms with Crippen LogP contribution in [0.15, 0.2) is 35.7 Å². The van der Waals surface area contributed by atoms with Gasteiger partial charge >= 0.3 is 5.97 Å². The van der Waals surface area contributed by atoms with Crippen LogP contribution in [0.4, 0.5) is 5.13 Å². The minimum atomic E-state index is -0.986. The number of carboxylic acid groups (broad SMARTS) is 1. The predicted molar refractivity (Wildman–Crippen MR) is 67.6 cm³/mol. The molecule has 0 radical (unpaired) electrons. The first-order valence-electron chi connectivity index (χ1n) is 5.10. The van der Waals surface area contributed by atoms with Crippen molar-refractivity contribution in [2.24, 2.45) is 0 Å². The van der Waals surface area contributed by atoms with Gasteiger partial charge in [-0.1, -0.05) is 30.3 Å². The third kappa shape index (κ3) is 2.82. The van der Waals surface area contributed by atoms with Gasteiger partial charge in [-0.2, -0.15) is 0 Å². The van der Waals surface area contributed by atoms with Crippen LogP contribution in [0.1, 0.15) is 16.1 Å². The molecule has 2 aromatic rings. The summed E-state index contributed by atoms with van der Waals surface area (Å²) in [5, 5.41) is 11.1. The van der Waals surface area contributed by atoms with Crippen molar-refractivity contribution in [2.75, 3.05) is 11.9 Å². The van der Waals surface area contributed by atoms with E-state index in [1.165, 1.54) is 16.9 Å². The molecule has 1 aromatic heterocycles. The van der Waals surface area contributed by atoms with Gasteiger partial charge in [-0.25, -0.2) is 9.78 Å². The van der Waals surface area contributed by atoms with E-state index in [1.807, 2.05) is 42.3 Å². The monoisotopic (exact) mass is 248 g/mol. The number of nitrogens with zero attached hydrogens (tertiary/aromatic N) is 2. The van der Waals surface area contributed by atoms with Gasteiger partial charge in [0.25, 0.3) is 0 Å². The molecule has 0 aliphatic rings. The summed E-state index contributed by atoms with van der Waals surface area (Å²) in [6, 6.07) is 9.99. The van der Waals surface area contributed by atoms with E-state index in [0.29, 0.717) is 11.7 Å². The Kier molecular flexibility index (Phi) is 3.39. The van der Waals surface area contributed by atoms with Crippen molar-refractivity contribution in [2.45, 2.75) is 6.54 Å². The third-order valence-electron chi connectivity index (χ3n) is 2.30. The van der Waals surface area contributed by atoms with E-state index in [0.717, 1.165) is 0 Å². The fourth-order valence-electron chi connectivity index (χ4n) is 1.46. The number of rotatable bonds is 4. The molecule has 0 spiro atoms. The molecule has 17 heavy (non-hydrogen) atoms. The summed E-state index contributed by atoms with van der Waals surface area (Å²) in [5.41, 5.74) is 1.27. The number of aromatic nitrogens is 1. The fraction of sp³-hybridized carbons (Fsp3) is 0.167. The molecule has 2 rings (SSSR count). The van der Waals surface area contributed by atoms with Gasteiger partial charge in [0, 0.05) is 19.0 Å². The first-order valence-corrected chi connectivity index (χ1v) is 5.98. The Balaban J connectivity index is 2.09. The van der Waals surface area contributed by atoms with Crippen LogP contribution in [0.2, 0.25) is 0 Å². The molecule has 5 heteroatoms. The van der Waals surface area contributed by atoms with Crippen molar-refractivity contribution in [3.05, 3.63) is 47.0 Å². The van der Waals surface area contributed by atoms with Crippen LogP contribution in [0.3, 0.4) is 0 Å². The SMILES string of the molecule is CN(Cc1ccccc1)c1nc(C(=O)O)cs1. The number of hydrogen-bond donors (Lipinski definition) is 1. The maximum Gasteiger partial charge on any atom is 0.355 e. The normalized spacial score (nSPS) is 10.2. The molecule has 4 nitrogen and oxygen atoms in total. The second-order valence-electron chi connectivity index (χ2n) is 3.66. The van der Waals surface area contributed by atoms with Crippen LogP contribution in [-0.4, -0.2) is 23.1 Å². The lowest BCUT2D eigenvalue weighted by Crippen LogP contribution is -2.16. The summed E-state index contributed by atoms with van der Waals surface area (Å²) in [7, 11) is 1.90. The summed E-state index contributed by atoms with van der Waals surface area (Å²) in [4.78, 5) is 16.7. The zero-order valence-electron chi connectivity index (χ0n) is 9.33. The predicted octanol–water partition coefficient (Wildman–Crippen LogP) is 2.48. The second-order valence-corrected chi connectivity index (χ2v) is 4.50. The highest BCUT2D eigenvalue weighted by molar-refractivity contribution is 7.13. The van der Waals surface area contributed by atoms with E-state index < -0.39 is 5.97 Å².